The highest BCUT2D eigenvalue weighted by Gasteiger charge is 2.25. The van der Waals surface area contributed by atoms with Crippen LogP contribution in [0.1, 0.15) is 15.9 Å². The van der Waals surface area contributed by atoms with Crippen molar-refractivity contribution in [3.63, 3.8) is 0 Å². The van der Waals surface area contributed by atoms with Crippen LogP contribution < -0.4 is 15.0 Å². The van der Waals surface area contributed by atoms with Crippen LogP contribution >= 0.6 is 0 Å². The second-order valence-corrected chi connectivity index (χ2v) is 6.81. The Morgan fingerprint density at radius 2 is 1.86 bits per heavy atom. The lowest BCUT2D eigenvalue weighted by Gasteiger charge is -2.32. The van der Waals surface area contributed by atoms with E-state index >= 15 is 0 Å². The highest BCUT2D eigenvalue weighted by molar-refractivity contribution is 5.96. The zero-order valence-corrected chi connectivity index (χ0v) is 15.9. The summed E-state index contributed by atoms with van der Waals surface area (Å²) in [5.74, 6) is 0.0530. The first-order valence-corrected chi connectivity index (χ1v) is 9.34. The molecule has 0 atom stereocenters. The number of rotatable bonds is 6. The summed E-state index contributed by atoms with van der Waals surface area (Å²) in [4.78, 5) is 27.4. The molecule has 1 aliphatic rings. The van der Waals surface area contributed by atoms with E-state index in [1.807, 2.05) is 6.07 Å². The Bertz CT molecular complexity index is 821. The van der Waals surface area contributed by atoms with Gasteiger partial charge in [0.1, 0.15) is 18.1 Å². The van der Waals surface area contributed by atoms with Gasteiger partial charge in [-0.15, -0.1) is 0 Å². The van der Waals surface area contributed by atoms with Crippen molar-refractivity contribution in [1.82, 2.24) is 10.2 Å². The highest BCUT2D eigenvalue weighted by Crippen LogP contribution is 2.18. The molecule has 0 spiro atoms. The standard InChI is InChI=1S/C21H24FN3O3/c1-28-19-8-7-18(22)13-17(19)15-24-9-11-25(12-10-24)20(26)14-23-21(27)16-5-3-2-4-6-16/h2-8,13H,9-12,14-15H2,1H3,(H,23,27)/p+1. The van der Waals surface area contributed by atoms with Gasteiger partial charge in [0.2, 0.25) is 5.91 Å². The average Bonchev–Trinajstić information content (AvgIpc) is 2.73. The molecule has 148 valence electrons. The third-order valence-corrected chi connectivity index (χ3v) is 4.94. The number of nitrogens with zero attached hydrogens (tertiary/aromatic N) is 1. The minimum absolute atomic E-state index is 0.0131. The van der Waals surface area contributed by atoms with Crippen LogP contribution in [0.4, 0.5) is 4.39 Å². The minimum Gasteiger partial charge on any atom is -0.496 e. The molecule has 2 amide bonds. The number of hydrogen-bond acceptors (Lipinski definition) is 3. The molecule has 28 heavy (non-hydrogen) atoms. The number of quaternary nitrogens is 1. The van der Waals surface area contributed by atoms with Gasteiger partial charge in [-0.2, -0.15) is 0 Å². The Labute approximate surface area is 163 Å². The molecule has 1 fully saturated rings. The van der Waals surface area contributed by atoms with E-state index in [0.29, 0.717) is 30.9 Å². The maximum Gasteiger partial charge on any atom is 0.251 e. The summed E-state index contributed by atoms with van der Waals surface area (Å²) in [5, 5.41) is 2.67. The van der Waals surface area contributed by atoms with Gasteiger partial charge in [0.25, 0.3) is 5.91 Å². The third-order valence-electron chi connectivity index (χ3n) is 4.94. The van der Waals surface area contributed by atoms with Crippen LogP contribution in [0.5, 0.6) is 5.75 Å². The lowest BCUT2D eigenvalue weighted by Crippen LogP contribution is -3.13. The van der Waals surface area contributed by atoms with E-state index in [1.54, 1.807) is 42.3 Å². The second kappa shape index (κ2) is 9.32. The predicted octanol–water partition coefficient (Wildman–Crippen LogP) is 0.491. The van der Waals surface area contributed by atoms with Crippen LogP contribution in [0.2, 0.25) is 0 Å². The van der Waals surface area contributed by atoms with Crippen molar-refractivity contribution in [3.8, 4) is 5.75 Å². The molecule has 0 aliphatic carbocycles. The zero-order chi connectivity index (χ0) is 19.9. The van der Waals surface area contributed by atoms with E-state index in [1.165, 1.54) is 17.0 Å². The Kier molecular flexibility index (Phi) is 6.60. The number of hydrogen-bond donors (Lipinski definition) is 2. The fraction of sp³-hybridized carbons (Fsp3) is 0.333. The van der Waals surface area contributed by atoms with Crippen molar-refractivity contribution in [2.24, 2.45) is 0 Å². The van der Waals surface area contributed by atoms with Gasteiger partial charge >= 0.3 is 0 Å². The van der Waals surface area contributed by atoms with E-state index in [0.717, 1.165) is 18.7 Å². The first-order chi connectivity index (χ1) is 13.6. The number of carbonyl (C=O) groups excluding carboxylic acids is 2. The number of carbonyl (C=O) groups is 2. The predicted molar refractivity (Wildman–Crippen MR) is 103 cm³/mol. The maximum atomic E-state index is 13.5. The molecular weight excluding hydrogens is 361 g/mol. The smallest absolute Gasteiger partial charge is 0.251 e. The molecule has 2 N–H and O–H groups in total. The molecule has 0 saturated carbocycles. The van der Waals surface area contributed by atoms with Crippen LogP contribution in [0.25, 0.3) is 0 Å². The van der Waals surface area contributed by atoms with E-state index < -0.39 is 0 Å². The lowest BCUT2D eigenvalue weighted by molar-refractivity contribution is -0.917. The molecule has 1 heterocycles. The summed E-state index contributed by atoms with van der Waals surface area (Å²) < 4.78 is 18.8. The van der Waals surface area contributed by atoms with Crippen LogP contribution in [-0.2, 0) is 11.3 Å². The highest BCUT2D eigenvalue weighted by atomic mass is 19.1. The Morgan fingerprint density at radius 3 is 2.54 bits per heavy atom. The van der Waals surface area contributed by atoms with Crippen molar-refractivity contribution >= 4 is 11.8 Å². The molecule has 0 aromatic heterocycles. The number of halogens is 1. The molecule has 7 heteroatoms. The van der Waals surface area contributed by atoms with E-state index in [4.69, 9.17) is 4.74 Å². The molecule has 0 radical (unpaired) electrons. The summed E-state index contributed by atoms with van der Waals surface area (Å²) in [7, 11) is 1.58. The van der Waals surface area contributed by atoms with Crippen molar-refractivity contribution in [1.29, 1.82) is 0 Å². The van der Waals surface area contributed by atoms with Crippen LogP contribution in [0.3, 0.4) is 0 Å². The van der Waals surface area contributed by atoms with Gasteiger partial charge in [-0.1, -0.05) is 18.2 Å². The fourth-order valence-electron chi connectivity index (χ4n) is 3.36. The monoisotopic (exact) mass is 386 g/mol. The summed E-state index contributed by atoms with van der Waals surface area (Å²) in [6, 6.07) is 13.4. The van der Waals surface area contributed by atoms with Gasteiger partial charge in [0, 0.05) is 5.56 Å². The number of methoxy groups -OCH3 is 1. The Hall–Kier alpha value is -2.93. The SMILES string of the molecule is COc1ccc(F)cc1C[NH+]1CCN(C(=O)CNC(=O)c2ccccc2)CC1. The van der Waals surface area contributed by atoms with Crippen molar-refractivity contribution in [2.75, 3.05) is 39.8 Å². The quantitative estimate of drug-likeness (QED) is 0.760. The van der Waals surface area contributed by atoms with Gasteiger partial charge < -0.3 is 19.9 Å². The van der Waals surface area contributed by atoms with E-state index in [-0.39, 0.29) is 24.2 Å². The summed E-state index contributed by atoms with van der Waals surface area (Å²) in [5.41, 5.74) is 1.36. The number of ether oxygens (including phenoxy) is 1. The normalized spacial score (nSPS) is 14.6. The summed E-state index contributed by atoms with van der Waals surface area (Å²) in [6.45, 7) is 3.37. The zero-order valence-electron chi connectivity index (χ0n) is 15.9. The first kappa shape index (κ1) is 19.8. The molecule has 0 bridgehead atoms. The van der Waals surface area contributed by atoms with Crippen LogP contribution in [-0.4, -0.2) is 56.5 Å². The molecule has 0 unspecified atom stereocenters. The largest absolute Gasteiger partial charge is 0.496 e. The van der Waals surface area contributed by atoms with Gasteiger partial charge in [0.15, 0.2) is 0 Å². The number of amides is 2. The van der Waals surface area contributed by atoms with Crippen molar-refractivity contribution < 1.29 is 23.6 Å². The lowest BCUT2D eigenvalue weighted by atomic mass is 10.1. The van der Waals surface area contributed by atoms with Crippen molar-refractivity contribution in [3.05, 3.63) is 65.5 Å². The van der Waals surface area contributed by atoms with Crippen LogP contribution in [0.15, 0.2) is 48.5 Å². The Balaban J connectivity index is 1.46. The van der Waals surface area contributed by atoms with Crippen LogP contribution in [0, 0.1) is 5.82 Å². The third kappa shape index (κ3) is 5.07. The molecule has 2 aromatic carbocycles. The fourth-order valence-corrected chi connectivity index (χ4v) is 3.36. The molecule has 2 aromatic rings. The minimum atomic E-state index is -0.279. The maximum absolute atomic E-state index is 13.5. The molecule has 1 aliphatic heterocycles. The van der Waals surface area contributed by atoms with Gasteiger partial charge in [-0.05, 0) is 30.3 Å². The number of benzene rings is 2. The Morgan fingerprint density at radius 1 is 1.14 bits per heavy atom. The second-order valence-electron chi connectivity index (χ2n) is 6.81. The number of piperazine rings is 1. The summed E-state index contributed by atoms with van der Waals surface area (Å²) in [6.07, 6.45) is 0. The van der Waals surface area contributed by atoms with Crippen molar-refractivity contribution in [2.45, 2.75) is 6.54 Å². The van der Waals surface area contributed by atoms with E-state index in [2.05, 4.69) is 5.32 Å². The molecule has 6 nitrogen and oxygen atoms in total. The number of nitrogens with one attached hydrogen (secondary N) is 2. The van der Waals surface area contributed by atoms with Gasteiger partial charge in [0.05, 0.1) is 45.4 Å². The topological polar surface area (TPSA) is 63.1 Å². The van der Waals surface area contributed by atoms with Gasteiger partial charge in [-0.3, -0.25) is 9.59 Å². The first-order valence-electron chi connectivity index (χ1n) is 9.34. The molecule has 1 saturated heterocycles. The molecule has 3 rings (SSSR count). The van der Waals surface area contributed by atoms with Gasteiger partial charge in [-0.25, -0.2) is 4.39 Å². The average molecular weight is 386 g/mol. The van der Waals surface area contributed by atoms with E-state index in [9.17, 15) is 14.0 Å². The molecular formula is C21H25FN3O3+. The summed E-state index contributed by atoms with van der Waals surface area (Å²) >= 11 is 0.